The molecule has 1 aliphatic carbocycles. The fourth-order valence-corrected chi connectivity index (χ4v) is 2.15. The minimum absolute atomic E-state index is 0.227. The van der Waals surface area contributed by atoms with Crippen LogP contribution in [0.2, 0.25) is 0 Å². The van der Waals surface area contributed by atoms with Crippen molar-refractivity contribution in [3.63, 3.8) is 0 Å². The fraction of sp³-hybridized carbons (Fsp3) is 0.250. The van der Waals surface area contributed by atoms with E-state index >= 15 is 0 Å². The number of aromatic nitrogens is 3. The monoisotopic (exact) mass is 228 g/mol. The minimum atomic E-state index is -0.263. The first-order valence-electron chi connectivity index (χ1n) is 5.61. The van der Waals surface area contributed by atoms with Crippen molar-refractivity contribution >= 4 is 11.6 Å². The fourth-order valence-electron chi connectivity index (χ4n) is 2.15. The highest BCUT2D eigenvalue weighted by Gasteiger charge is 2.13. The summed E-state index contributed by atoms with van der Waals surface area (Å²) in [5, 5.41) is 8.98. The summed E-state index contributed by atoms with van der Waals surface area (Å²) in [6.07, 6.45) is 4.76. The van der Waals surface area contributed by atoms with E-state index in [-0.39, 0.29) is 11.7 Å². The van der Waals surface area contributed by atoms with Gasteiger partial charge in [0.1, 0.15) is 6.33 Å². The molecule has 0 bridgehead atoms. The summed E-state index contributed by atoms with van der Waals surface area (Å²) >= 11 is 0. The molecule has 0 unspecified atom stereocenters. The van der Waals surface area contributed by atoms with Crippen molar-refractivity contribution in [2.45, 2.75) is 19.3 Å². The van der Waals surface area contributed by atoms with Gasteiger partial charge in [0.25, 0.3) is 5.91 Å². The summed E-state index contributed by atoms with van der Waals surface area (Å²) in [4.78, 5) is 15.5. The average Bonchev–Trinajstić information content (AvgIpc) is 2.99. The third-order valence-electron chi connectivity index (χ3n) is 2.99. The Morgan fingerprint density at radius 1 is 1.29 bits per heavy atom. The van der Waals surface area contributed by atoms with E-state index in [0.29, 0.717) is 0 Å². The molecule has 2 aromatic rings. The van der Waals surface area contributed by atoms with Gasteiger partial charge in [-0.15, -0.1) is 0 Å². The molecule has 0 spiro atoms. The lowest BCUT2D eigenvalue weighted by atomic mass is 10.1. The molecule has 1 aliphatic rings. The maximum absolute atomic E-state index is 11.7. The number of carbonyl (C=O) groups excluding carboxylic acids is 1. The first-order chi connectivity index (χ1) is 8.33. The van der Waals surface area contributed by atoms with Gasteiger partial charge in [-0.25, -0.2) is 4.98 Å². The highest BCUT2D eigenvalue weighted by Crippen LogP contribution is 2.24. The maximum Gasteiger partial charge on any atom is 0.292 e. The molecular formula is C12H12N4O. The molecule has 0 saturated carbocycles. The van der Waals surface area contributed by atoms with E-state index < -0.39 is 0 Å². The number of hydrogen-bond donors (Lipinski definition) is 2. The normalized spacial score (nSPS) is 13.4. The number of nitrogens with zero attached hydrogens (tertiary/aromatic N) is 2. The molecule has 0 atom stereocenters. The summed E-state index contributed by atoms with van der Waals surface area (Å²) in [7, 11) is 0. The van der Waals surface area contributed by atoms with Crippen LogP contribution in [-0.2, 0) is 12.8 Å². The summed E-state index contributed by atoms with van der Waals surface area (Å²) in [6.45, 7) is 0. The van der Waals surface area contributed by atoms with E-state index in [1.54, 1.807) is 0 Å². The van der Waals surface area contributed by atoms with Crippen molar-refractivity contribution < 1.29 is 4.79 Å². The first kappa shape index (κ1) is 10.0. The predicted octanol–water partition coefficient (Wildman–Crippen LogP) is 1.55. The van der Waals surface area contributed by atoms with Gasteiger partial charge < -0.3 is 5.32 Å². The van der Waals surface area contributed by atoms with E-state index in [4.69, 9.17) is 0 Å². The Morgan fingerprint density at radius 2 is 2.18 bits per heavy atom. The highest BCUT2D eigenvalue weighted by molar-refractivity contribution is 6.01. The third kappa shape index (κ3) is 1.91. The Bertz CT molecular complexity index is 548. The smallest absolute Gasteiger partial charge is 0.292 e. The number of H-pyrrole nitrogens is 1. The zero-order valence-electron chi connectivity index (χ0n) is 9.23. The lowest BCUT2D eigenvalue weighted by molar-refractivity contribution is 0.101. The quantitative estimate of drug-likeness (QED) is 0.819. The van der Waals surface area contributed by atoms with E-state index in [1.807, 2.05) is 12.1 Å². The third-order valence-corrected chi connectivity index (χ3v) is 2.99. The van der Waals surface area contributed by atoms with Crippen molar-refractivity contribution in [3.8, 4) is 0 Å². The molecule has 2 N–H and O–H groups in total. The summed E-state index contributed by atoms with van der Waals surface area (Å²) in [5.74, 6) is -0.0362. The van der Waals surface area contributed by atoms with E-state index in [9.17, 15) is 4.79 Å². The van der Waals surface area contributed by atoms with Gasteiger partial charge in [0, 0.05) is 5.69 Å². The molecule has 0 aliphatic heterocycles. The number of rotatable bonds is 2. The predicted molar refractivity (Wildman–Crippen MR) is 62.8 cm³/mol. The van der Waals surface area contributed by atoms with Gasteiger partial charge in [-0.2, -0.15) is 5.10 Å². The van der Waals surface area contributed by atoms with Crippen LogP contribution in [-0.4, -0.2) is 21.1 Å². The standard InChI is InChI=1S/C12H12N4O/c17-12(11-13-7-14-16-11)15-10-5-4-8-2-1-3-9(8)6-10/h4-7H,1-3H2,(H,15,17)(H,13,14,16). The number of carbonyl (C=O) groups is 1. The summed E-state index contributed by atoms with van der Waals surface area (Å²) in [6, 6.07) is 6.05. The SMILES string of the molecule is O=C(Nc1ccc2c(c1)CCC2)c1ncn[nH]1. The molecule has 5 heteroatoms. The topological polar surface area (TPSA) is 70.7 Å². The lowest BCUT2D eigenvalue weighted by Crippen LogP contribution is -2.13. The van der Waals surface area contributed by atoms with E-state index in [1.165, 1.54) is 23.9 Å². The van der Waals surface area contributed by atoms with Gasteiger partial charge in [-0.05, 0) is 42.5 Å². The lowest BCUT2D eigenvalue weighted by Gasteiger charge is -2.05. The van der Waals surface area contributed by atoms with Gasteiger partial charge >= 0.3 is 0 Å². The Hall–Kier alpha value is -2.17. The van der Waals surface area contributed by atoms with Crippen molar-refractivity contribution in [1.29, 1.82) is 0 Å². The van der Waals surface area contributed by atoms with Crippen LogP contribution in [0.25, 0.3) is 0 Å². The second-order valence-electron chi connectivity index (χ2n) is 4.13. The molecule has 5 nitrogen and oxygen atoms in total. The molecule has 3 rings (SSSR count). The number of anilines is 1. The van der Waals surface area contributed by atoms with Crippen LogP contribution in [0.3, 0.4) is 0 Å². The van der Waals surface area contributed by atoms with Crippen molar-refractivity contribution in [3.05, 3.63) is 41.5 Å². The van der Waals surface area contributed by atoms with Gasteiger partial charge in [0.2, 0.25) is 5.82 Å². The average molecular weight is 228 g/mol. The Balaban J connectivity index is 1.80. The van der Waals surface area contributed by atoms with Crippen LogP contribution in [0, 0.1) is 0 Å². The first-order valence-corrected chi connectivity index (χ1v) is 5.61. The molecule has 1 heterocycles. The van der Waals surface area contributed by atoms with Crippen molar-refractivity contribution in [2.75, 3.05) is 5.32 Å². The number of fused-ring (bicyclic) bond motifs is 1. The van der Waals surface area contributed by atoms with Crippen LogP contribution in [0.15, 0.2) is 24.5 Å². The number of nitrogens with one attached hydrogen (secondary N) is 2. The highest BCUT2D eigenvalue weighted by atomic mass is 16.2. The molecule has 86 valence electrons. The minimum Gasteiger partial charge on any atom is -0.319 e. The van der Waals surface area contributed by atoms with Crippen LogP contribution < -0.4 is 5.32 Å². The van der Waals surface area contributed by atoms with Gasteiger partial charge in [-0.3, -0.25) is 9.89 Å². The molecule has 1 amide bonds. The zero-order valence-corrected chi connectivity index (χ0v) is 9.23. The van der Waals surface area contributed by atoms with Crippen LogP contribution in [0.5, 0.6) is 0 Å². The molecule has 17 heavy (non-hydrogen) atoms. The van der Waals surface area contributed by atoms with E-state index in [2.05, 4.69) is 26.6 Å². The van der Waals surface area contributed by atoms with Crippen molar-refractivity contribution in [1.82, 2.24) is 15.2 Å². The Kier molecular flexibility index (Phi) is 2.36. The molecule has 1 aromatic heterocycles. The maximum atomic E-state index is 11.7. The van der Waals surface area contributed by atoms with Gasteiger partial charge in [0.15, 0.2) is 0 Å². The largest absolute Gasteiger partial charge is 0.319 e. The molecule has 1 aromatic carbocycles. The molecular weight excluding hydrogens is 216 g/mol. The zero-order chi connectivity index (χ0) is 11.7. The second-order valence-corrected chi connectivity index (χ2v) is 4.13. The van der Waals surface area contributed by atoms with Crippen LogP contribution in [0.4, 0.5) is 5.69 Å². The summed E-state index contributed by atoms with van der Waals surface area (Å²) < 4.78 is 0. The molecule has 0 fully saturated rings. The Morgan fingerprint density at radius 3 is 3.00 bits per heavy atom. The van der Waals surface area contributed by atoms with Crippen molar-refractivity contribution in [2.24, 2.45) is 0 Å². The number of aryl methyl sites for hydroxylation is 2. The number of benzene rings is 1. The van der Waals surface area contributed by atoms with E-state index in [0.717, 1.165) is 18.5 Å². The van der Waals surface area contributed by atoms with Gasteiger partial charge in [-0.1, -0.05) is 6.07 Å². The van der Waals surface area contributed by atoms with Crippen LogP contribution >= 0.6 is 0 Å². The van der Waals surface area contributed by atoms with Crippen LogP contribution in [0.1, 0.15) is 28.2 Å². The molecule has 0 radical (unpaired) electrons. The number of aromatic amines is 1. The Labute approximate surface area is 98.3 Å². The molecule has 0 saturated heterocycles. The number of hydrogen-bond acceptors (Lipinski definition) is 3. The summed E-state index contributed by atoms with van der Waals surface area (Å²) in [5.41, 5.74) is 3.54. The number of amides is 1. The van der Waals surface area contributed by atoms with Gasteiger partial charge in [0.05, 0.1) is 0 Å². The second kappa shape index (κ2) is 4.01.